The van der Waals surface area contributed by atoms with Gasteiger partial charge >= 0.3 is 0 Å². The molecule has 2 N–H and O–H groups in total. The lowest BCUT2D eigenvalue weighted by Gasteiger charge is -2.38. The van der Waals surface area contributed by atoms with Gasteiger partial charge in [0.1, 0.15) is 10.6 Å². The van der Waals surface area contributed by atoms with Gasteiger partial charge in [0, 0.05) is 21.4 Å². The van der Waals surface area contributed by atoms with Crippen LogP contribution in [0.3, 0.4) is 0 Å². The minimum Gasteiger partial charge on any atom is -0.598 e. The van der Waals surface area contributed by atoms with Crippen molar-refractivity contribution in [2.24, 2.45) is 0 Å². The van der Waals surface area contributed by atoms with Crippen molar-refractivity contribution in [2.75, 3.05) is 6.61 Å². The molecule has 0 amide bonds. The van der Waals surface area contributed by atoms with Gasteiger partial charge in [0.25, 0.3) is 6.43 Å². The van der Waals surface area contributed by atoms with E-state index in [1.54, 1.807) is 0 Å². The van der Waals surface area contributed by atoms with Gasteiger partial charge in [-0.05, 0) is 39.0 Å². The third-order valence-corrected chi connectivity index (χ3v) is 5.32. The van der Waals surface area contributed by atoms with Gasteiger partial charge in [0.05, 0.1) is 6.61 Å². The van der Waals surface area contributed by atoms with E-state index in [1.807, 2.05) is 4.72 Å². The lowest BCUT2D eigenvalue weighted by Crippen LogP contribution is -2.61. The molecule has 0 heterocycles. The Hall–Kier alpha value is -0.350. The van der Waals surface area contributed by atoms with E-state index >= 15 is 0 Å². The zero-order valence-corrected chi connectivity index (χ0v) is 15.1. The molecule has 1 aromatic rings. The number of hydrogen-bond donors (Lipinski definition) is 2. The van der Waals surface area contributed by atoms with E-state index in [0.717, 1.165) is 12.1 Å². The molecule has 132 valence electrons. The van der Waals surface area contributed by atoms with Crippen LogP contribution in [0.4, 0.5) is 17.6 Å². The summed E-state index contributed by atoms with van der Waals surface area (Å²) < 4.78 is 69.6. The van der Waals surface area contributed by atoms with Gasteiger partial charge in [-0.3, -0.25) is 0 Å². The molecule has 0 bridgehead atoms. The Morgan fingerprint density at radius 1 is 1.30 bits per heavy atom. The Morgan fingerprint density at radius 3 is 2.30 bits per heavy atom. The third-order valence-electron chi connectivity index (χ3n) is 3.19. The van der Waals surface area contributed by atoms with E-state index in [0.29, 0.717) is 0 Å². The molecule has 0 aliphatic carbocycles. The molecule has 1 rings (SSSR count). The van der Waals surface area contributed by atoms with E-state index in [1.165, 1.54) is 26.8 Å². The van der Waals surface area contributed by atoms with Gasteiger partial charge in [0.15, 0.2) is 11.7 Å². The van der Waals surface area contributed by atoms with Crippen LogP contribution in [0.1, 0.15) is 26.3 Å². The molecule has 1 aromatic carbocycles. The molecule has 0 aliphatic rings. The Kier molecular flexibility index (Phi) is 6.92. The summed E-state index contributed by atoms with van der Waals surface area (Å²) >= 11 is 0.887. The van der Waals surface area contributed by atoms with Crippen LogP contribution in [-0.2, 0) is 16.9 Å². The van der Waals surface area contributed by atoms with Gasteiger partial charge in [0.2, 0.25) is 0 Å². The summed E-state index contributed by atoms with van der Waals surface area (Å²) in [4.78, 5) is 0. The first-order chi connectivity index (χ1) is 10.5. The molecular formula is C14H18BrF4NO2S. The van der Waals surface area contributed by atoms with Crippen LogP contribution in [0.5, 0.6) is 0 Å². The molecule has 0 saturated carbocycles. The fourth-order valence-electron chi connectivity index (χ4n) is 1.85. The lowest BCUT2D eigenvalue weighted by atomic mass is 9.86. The predicted molar refractivity (Wildman–Crippen MR) is 84.8 cm³/mol. The lowest BCUT2D eigenvalue weighted by molar-refractivity contribution is -0.0304. The summed E-state index contributed by atoms with van der Waals surface area (Å²) in [6.07, 6.45) is -6.03. The second-order valence-electron chi connectivity index (χ2n) is 5.93. The van der Waals surface area contributed by atoms with E-state index in [2.05, 4.69) is 15.9 Å². The van der Waals surface area contributed by atoms with E-state index < -0.39 is 52.2 Å². The third kappa shape index (κ3) is 4.39. The maximum absolute atomic E-state index is 14.3. The highest BCUT2D eigenvalue weighted by Crippen LogP contribution is 2.38. The number of aliphatic hydroxyl groups excluding tert-OH is 1. The summed E-state index contributed by atoms with van der Waals surface area (Å²) in [5.74, 6) is -1.09. The van der Waals surface area contributed by atoms with Crippen molar-refractivity contribution in [2.45, 2.75) is 43.7 Å². The zero-order chi connectivity index (χ0) is 18.0. The molecule has 0 unspecified atom stereocenters. The van der Waals surface area contributed by atoms with E-state index in [9.17, 15) is 22.1 Å². The van der Waals surface area contributed by atoms with E-state index in [4.69, 9.17) is 5.11 Å². The van der Waals surface area contributed by atoms with E-state index in [-0.39, 0.29) is 4.47 Å². The molecule has 0 radical (unpaired) electrons. The predicted octanol–water partition coefficient (Wildman–Crippen LogP) is 3.43. The number of hydrogen-bond acceptors (Lipinski definition) is 3. The topological polar surface area (TPSA) is 55.3 Å². The molecule has 0 aromatic heterocycles. The van der Waals surface area contributed by atoms with Crippen molar-refractivity contribution < 1.29 is 27.2 Å². The second-order valence-corrected chi connectivity index (χ2v) is 8.81. The van der Waals surface area contributed by atoms with Crippen LogP contribution in [0.25, 0.3) is 0 Å². The highest BCUT2D eigenvalue weighted by atomic mass is 79.9. The highest BCUT2D eigenvalue weighted by molar-refractivity contribution is 9.10. The molecule has 0 fully saturated rings. The highest BCUT2D eigenvalue weighted by Gasteiger charge is 2.55. The van der Waals surface area contributed by atoms with Crippen molar-refractivity contribution in [3.05, 3.63) is 34.1 Å². The van der Waals surface area contributed by atoms with Crippen LogP contribution in [0.15, 0.2) is 22.7 Å². The van der Waals surface area contributed by atoms with Crippen molar-refractivity contribution in [1.29, 1.82) is 0 Å². The largest absolute Gasteiger partial charge is 0.598 e. The summed E-state index contributed by atoms with van der Waals surface area (Å²) in [5.41, 5.74) is -3.65. The zero-order valence-electron chi connectivity index (χ0n) is 12.7. The first-order valence-corrected chi connectivity index (χ1v) is 8.59. The van der Waals surface area contributed by atoms with Gasteiger partial charge in [-0.25, -0.2) is 17.6 Å². The summed E-state index contributed by atoms with van der Waals surface area (Å²) in [6.45, 7) is 3.20. The fraction of sp³-hybridized carbons (Fsp3) is 0.571. The first kappa shape index (κ1) is 20.7. The van der Waals surface area contributed by atoms with Crippen LogP contribution < -0.4 is 4.72 Å². The van der Waals surface area contributed by atoms with Crippen LogP contribution in [0, 0.1) is 5.82 Å². The van der Waals surface area contributed by atoms with Crippen LogP contribution in [0.2, 0.25) is 0 Å². The van der Waals surface area contributed by atoms with Gasteiger partial charge in [-0.15, -0.1) is 4.72 Å². The molecule has 3 nitrogen and oxygen atoms in total. The van der Waals surface area contributed by atoms with Gasteiger partial charge in [-0.1, -0.05) is 15.9 Å². The number of nitrogens with one attached hydrogen (secondary N) is 1. The number of rotatable bonds is 6. The Labute approximate surface area is 143 Å². The van der Waals surface area contributed by atoms with Crippen molar-refractivity contribution in [3.63, 3.8) is 0 Å². The molecule has 3 atom stereocenters. The average molecular weight is 420 g/mol. The normalized spacial score (nSPS) is 17.9. The SMILES string of the molecule is CC(C)(C)[S@@+]([O-])N[C@@](c1cc(Br)ccc1F)(C(F)F)[C@H](F)CO. The van der Waals surface area contributed by atoms with Crippen molar-refractivity contribution in [3.8, 4) is 0 Å². The minimum atomic E-state index is -3.46. The smallest absolute Gasteiger partial charge is 0.267 e. The number of halogens is 5. The molecule has 9 heteroatoms. The summed E-state index contributed by atoms with van der Waals surface area (Å²) in [6, 6.07) is 3.14. The molecule has 0 saturated heterocycles. The van der Waals surface area contributed by atoms with Crippen LogP contribution in [-0.4, -0.2) is 33.6 Å². The van der Waals surface area contributed by atoms with Gasteiger partial charge in [-0.2, -0.15) is 0 Å². The second kappa shape index (κ2) is 7.69. The maximum atomic E-state index is 14.3. The Bertz CT molecular complexity index is 544. The minimum absolute atomic E-state index is 0.243. The fourth-order valence-corrected chi connectivity index (χ4v) is 3.15. The maximum Gasteiger partial charge on any atom is 0.267 e. The van der Waals surface area contributed by atoms with Crippen LogP contribution >= 0.6 is 15.9 Å². The van der Waals surface area contributed by atoms with Gasteiger partial charge < -0.3 is 9.66 Å². The standard InChI is InChI=1S/C14H18BrF4NO2S/c1-13(2,3)23(22)20-14(12(18)19,11(17)7-21)9-6-8(15)4-5-10(9)16/h4-6,11-12,20-21H,7H2,1-3H3/t11-,14-,23-/m1/s1. The number of alkyl halides is 3. The quantitative estimate of drug-likeness (QED) is 0.548. The average Bonchev–Trinajstić information content (AvgIpc) is 2.45. The first-order valence-electron chi connectivity index (χ1n) is 6.65. The number of aliphatic hydroxyl groups is 1. The molecule has 0 spiro atoms. The monoisotopic (exact) mass is 419 g/mol. The molecule has 23 heavy (non-hydrogen) atoms. The Balaban J connectivity index is 3.55. The summed E-state index contributed by atoms with van der Waals surface area (Å²) in [7, 11) is 0. The molecule has 0 aliphatic heterocycles. The summed E-state index contributed by atoms with van der Waals surface area (Å²) in [5, 5.41) is 9.08. The molecular weight excluding hydrogens is 402 g/mol. The number of benzene rings is 1. The Morgan fingerprint density at radius 2 is 1.87 bits per heavy atom. The van der Waals surface area contributed by atoms with Crippen molar-refractivity contribution >= 4 is 27.3 Å². The van der Waals surface area contributed by atoms with Crippen molar-refractivity contribution in [1.82, 2.24) is 4.72 Å².